The van der Waals surface area contributed by atoms with Gasteiger partial charge in [-0.3, -0.25) is 4.79 Å². The van der Waals surface area contributed by atoms with E-state index in [0.29, 0.717) is 0 Å². The number of carbonyl (C=O) groups is 1. The number of hydrogen-bond donors (Lipinski definition) is 0. The van der Waals surface area contributed by atoms with Crippen LogP contribution in [0.3, 0.4) is 0 Å². The average molecular weight is 224 g/mol. The largest absolute Gasteiger partial charge is 0.458 e. The minimum atomic E-state index is -0.0556. The molecular weight excluding hydrogens is 200 g/mol. The monoisotopic (exact) mass is 224 g/mol. The van der Waals surface area contributed by atoms with E-state index in [1.54, 1.807) is 0 Å². The van der Waals surface area contributed by atoms with Gasteiger partial charge in [-0.2, -0.15) is 0 Å². The molecule has 0 N–H and O–H groups in total. The van der Waals surface area contributed by atoms with Crippen LogP contribution in [0.25, 0.3) is 0 Å². The van der Waals surface area contributed by atoms with Crippen LogP contribution in [0.4, 0.5) is 0 Å². The van der Waals surface area contributed by atoms with E-state index in [2.05, 4.69) is 26.8 Å². The molecular formula is C14H24O2. The Hall–Kier alpha value is -0.790. The minimum Gasteiger partial charge on any atom is -0.458 e. The second-order valence-corrected chi connectivity index (χ2v) is 5.65. The molecule has 92 valence electrons. The Labute approximate surface area is 99.1 Å². The van der Waals surface area contributed by atoms with Crippen molar-refractivity contribution in [2.45, 2.75) is 60.0 Å². The highest BCUT2D eigenvalue weighted by Crippen LogP contribution is 2.34. The molecule has 2 atom stereocenters. The Morgan fingerprint density at radius 1 is 1.62 bits per heavy atom. The summed E-state index contributed by atoms with van der Waals surface area (Å²) < 4.78 is 5.54. The molecule has 0 aromatic carbocycles. The van der Waals surface area contributed by atoms with E-state index in [1.165, 1.54) is 5.57 Å². The first-order valence-electron chi connectivity index (χ1n) is 6.25. The van der Waals surface area contributed by atoms with Gasteiger partial charge in [-0.1, -0.05) is 33.8 Å². The molecule has 0 amide bonds. The third kappa shape index (κ3) is 3.36. The van der Waals surface area contributed by atoms with Crippen molar-refractivity contribution in [1.82, 2.24) is 0 Å². The molecule has 0 fully saturated rings. The van der Waals surface area contributed by atoms with E-state index in [4.69, 9.17) is 4.74 Å². The summed E-state index contributed by atoms with van der Waals surface area (Å²) >= 11 is 0. The second-order valence-electron chi connectivity index (χ2n) is 5.65. The smallest absolute Gasteiger partial charge is 0.309 e. The van der Waals surface area contributed by atoms with Crippen LogP contribution >= 0.6 is 0 Å². The molecule has 0 spiro atoms. The van der Waals surface area contributed by atoms with Gasteiger partial charge in [-0.25, -0.2) is 0 Å². The van der Waals surface area contributed by atoms with E-state index >= 15 is 0 Å². The van der Waals surface area contributed by atoms with Crippen LogP contribution in [-0.2, 0) is 9.53 Å². The molecule has 0 saturated heterocycles. The zero-order valence-corrected chi connectivity index (χ0v) is 11.2. The lowest BCUT2D eigenvalue weighted by Crippen LogP contribution is -2.29. The van der Waals surface area contributed by atoms with E-state index in [1.807, 2.05) is 13.8 Å². The first-order valence-corrected chi connectivity index (χ1v) is 6.25. The fraction of sp³-hybridized carbons (Fsp3) is 0.786. The van der Waals surface area contributed by atoms with Crippen LogP contribution in [0, 0.1) is 11.3 Å². The van der Waals surface area contributed by atoms with Crippen LogP contribution in [0.1, 0.15) is 53.9 Å². The van der Waals surface area contributed by atoms with Crippen LogP contribution in [0.15, 0.2) is 11.6 Å². The highest BCUT2D eigenvalue weighted by atomic mass is 16.5. The van der Waals surface area contributed by atoms with Crippen molar-refractivity contribution < 1.29 is 9.53 Å². The van der Waals surface area contributed by atoms with Gasteiger partial charge in [0.15, 0.2) is 0 Å². The molecule has 2 heteroatoms. The predicted octanol–water partition coefficient (Wildman–Crippen LogP) is 3.71. The molecule has 0 aromatic heterocycles. The van der Waals surface area contributed by atoms with Crippen molar-refractivity contribution in [3.05, 3.63) is 11.6 Å². The SMILES string of the molecule is CCC(C)C(=O)OC1CCC(C)(C)C=C1C. The van der Waals surface area contributed by atoms with E-state index in [-0.39, 0.29) is 23.4 Å². The molecule has 2 unspecified atom stereocenters. The fourth-order valence-corrected chi connectivity index (χ4v) is 2.09. The van der Waals surface area contributed by atoms with Gasteiger partial charge in [-0.15, -0.1) is 0 Å². The summed E-state index contributed by atoms with van der Waals surface area (Å²) in [6, 6.07) is 0. The minimum absolute atomic E-state index is 0.00882. The van der Waals surface area contributed by atoms with Crippen molar-refractivity contribution >= 4 is 5.97 Å². The van der Waals surface area contributed by atoms with Crippen LogP contribution in [0.2, 0.25) is 0 Å². The number of hydrogen-bond acceptors (Lipinski definition) is 2. The number of carbonyl (C=O) groups excluding carboxylic acids is 1. The first kappa shape index (κ1) is 13.3. The molecule has 1 aliphatic carbocycles. The van der Waals surface area contributed by atoms with Crippen molar-refractivity contribution in [1.29, 1.82) is 0 Å². The lowest BCUT2D eigenvalue weighted by Gasteiger charge is -2.32. The van der Waals surface area contributed by atoms with Gasteiger partial charge in [0.05, 0.1) is 5.92 Å². The van der Waals surface area contributed by atoms with Gasteiger partial charge < -0.3 is 4.74 Å². The Kier molecular flexibility index (Phi) is 4.17. The van der Waals surface area contributed by atoms with Crippen LogP contribution in [0.5, 0.6) is 0 Å². The molecule has 0 aromatic rings. The summed E-state index contributed by atoms with van der Waals surface area (Å²) in [7, 11) is 0. The summed E-state index contributed by atoms with van der Waals surface area (Å²) in [5.41, 5.74) is 1.46. The fourth-order valence-electron chi connectivity index (χ4n) is 2.09. The summed E-state index contributed by atoms with van der Waals surface area (Å²) in [5.74, 6) is -0.0392. The number of ether oxygens (including phenoxy) is 1. The molecule has 0 heterocycles. The first-order chi connectivity index (χ1) is 7.35. The molecule has 1 aliphatic rings. The van der Waals surface area contributed by atoms with Crippen molar-refractivity contribution in [3.63, 3.8) is 0 Å². The Bertz CT molecular complexity index is 289. The van der Waals surface area contributed by atoms with E-state index in [0.717, 1.165) is 19.3 Å². The maximum Gasteiger partial charge on any atom is 0.309 e. The Balaban J connectivity index is 2.61. The van der Waals surface area contributed by atoms with Crippen LogP contribution in [-0.4, -0.2) is 12.1 Å². The van der Waals surface area contributed by atoms with Gasteiger partial charge in [0.25, 0.3) is 0 Å². The highest BCUT2D eigenvalue weighted by Gasteiger charge is 2.28. The van der Waals surface area contributed by atoms with Crippen molar-refractivity contribution in [3.8, 4) is 0 Å². The van der Waals surface area contributed by atoms with Gasteiger partial charge in [0, 0.05) is 0 Å². The van der Waals surface area contributed by atoms with Crippen molar-refractivity contribution in [2.75, 3.05) is 0 Å². The lowest BCUT2D eigenvalue weighted by atomic mass is 9.79. The normalized spacial score (nSPS) is 25.8. The topological polar surface area (TPSA) is 26.3 Å². The Morgan fingerprint density at radius 3 is 2.75 bits per heavy atom. The highest BCUT2D eigenvalue weighted by molar-refractivity contribution is 5.72. The third-order valence-electron chi connectivity index (χ3n) is 3.45. The molecule has 16 heavy (non-hydrogen) atoms. The summed E-state index contributed by atoms with van der Waals surface area (Å²) in [4.78, 5) is 11.7. The maximum absolute atomic E-state index is 11.7. The summed E-state index contributed by atoms with van der Waals surface area (Å²) in [6.07, 6.45) is 5.14. The predicted molar refractivity (Wildman–Crippen MR) is 66.1 cm³/mol. The van der Waals surface area contributed by atoms with Gasteiger partial charge in [0.2, 0.25) is 0 Å². The zero-order chi connectivity index (χ0) is 12.3. The lowest BCUT2D eigenvalue weighted by molar-refractivity contribution is -0.152. The molecule has 0 bridgehead atoms. The Morgan fingerprint density at radius 2 is 2.25 bits per heavy atom. The molecule has 1 rings (SSSR count). The molecule has 0 aliphatic heterocycles. The molecule has 0 saturated carbocycles. The third-order valence-corrected chi connectivity index (χ3v) is 3.45. The standard InChI is InChI=1S/C14H24O2/c1-6-10(2)13(15)16-12-7-8-14(4,5)9-11(12)3/h9-10,12H,6-8H2,1-5H3. The number of esters is 1. The molecule has 2 nitrogen and oxygen atoms in total. The summed E-state index contributed by atoms with van der Waals surface area (Å²) in [6.45, 7) is 10.5. The van der Waals surface area contributed by atoms with E-state index < -0.39 is 0 Å². The maximum atomic E-state index is 11.7. The van der Waals surface area contributed by atoms with E-state index in [9.17, 15) is 4.79 Å². The molecule has 0 radical (unpaired) electrons. The number of rotatable bonds is 3. The number of allylic oxidation sites excluding steroid dienone is 1. The van der Waals surface area contributed by atoms with Gasteiger partial charge >= 0.3 is 5.97 Å². The zero-order valence-electron chi connectivity index (χ0n) is 11.2. The van der Waals surface area contributed by atoms with Crippen molar-refractivity contribution in [2.24, 2.45) is 11.3 Å². The van der Waals surface area contributed by atoms with Crippen LogP contribution < -0.4 is 0 Å². The summed E-state index contributed by atoms with van der Waals surface area (Å²) in [5, 5.41) is 0. The second kappa shape index (κ2) is 5.03. The quantitative estimate of drug-likeness (QED) is 0.539. The average Bonchev–Trinajstić information content (AvgIpc) is 2.20. The van der Waals surface area contributed by atoms with Gasteiger partial charge in [0.1, 0.15) is 6.10 Å². The van der Waals surface area contributed by atoms with Gasteiger partial charge in [-0.05, 0) is 37.2 Å².